The first-order valence-corrected chi connectivity index (χ1v) is 7.43. The van der Waals surface area contributed by atoms with Gasteiger partial charge in [-0.25, -0.2) is 0 Å². The summed E-state index contributed by atoms with van der Waals surface area (Å²) in [4.78, 5) is 11.0. The van der Waals surface area contributed by atoms with Crippen LogP contribution in [0.3, 0.4) is 0 Å². The lowest BCUT2D eigenvalue weighted by atomic mass is 9.88. The molecule has 1 saturated carbocycles. The smallest absolute Gasteiger partial charge is 0.303 e. The molecule has 0 saturated heterocycles. The van der Waals surface area contributed by atoms with Crippen LogP contribution in [-0.4, -0.2) is 16.2 Å². The van der Waals surface area contributed by atoms with Crippen molar-refractivity contribution in [3.05, 3.63) is 27.7 Å². The van der Waals surface area contributed by atoms with Crippen LogP contribution in [-0.2, 0) is 4.79 Å². The summed E-state index contributed by atoms with van der Waals surface area (Å²) in [6, 6.07) is 3.66. The van der Waals surface area contributed by atoms with Crippen LogP contribution in [0, 0.1) is 5.92 Å². The Kier molecular flexibility index (Phi) is 4.19. The Balaban J connectivity index is 2.37. The number of phenols is 1. The van der Waals surface area contributed by atoms with Gasteiger partial charge in [-0.1, -0.05) is 29.8 Å². The zero-order valence-electron chi connectivity index (χ0n) is 11.2. The zero-order chi connectivity index (χ0) is 14.2. The number of rotatable bonds is 5. The van der Waals surface area contributed by atoms with Crippen LogP contribution < -0.4 is 0 Å². The average molecular weight is 327 g/mol. The summed E-state index contributed by atoms with van der Waals surface area (Å²) < 4.78 is 0.950. The number of benzene rings is 1. The van der Waals surface area contributed by atoms with Gasteiger partial charge in [-0.3, -0.25) is 4.79 Å². The Morgan fingerprint density at radius 2 is 2.00 bits per heavy atom. The van der Waals surface area contributed by atoms with Crippen LogP contribution in [0.5, 0.6) is 5.75 Å². The number of aromatic hydroxyl groups is 1. The van der Waals surface area contributed by atoms with Gasteiger partial charge in [-0.05, 0) is 47.9 Å². The third-order valence-electron chi connectivity index (χ3n) is 3.75. The second-order valence-electron chi connectivity index (χ2n) is 5.63. The maximum atomic E-state index is 11.0. The van der Waals surface area contributed by atoms with Gasteiger partial charge in [0.25, 0.3) is 0 Å². The standard InChI is InChI=1S/C15H19BrO3/c1-8(2)10-6-14(17)12(5-13(10)16)11(7-15(18)19)9-3-4-9/h5-6,8-9,11,17H,3-4,7H2,1-2H3,(H,18,19). The van der Waals surface area contributed by atoms with E-state index < -0.39 is 5.97 Å². The molecule has 1 unspecified atom stereocenters. The lowest BCUT2D eigenvalue weighted by Crippen LogP contribution is -2.09. The molecule has 0 aromatic heterocycles. The SMILES string of the molecule is CC(C)c1cc(O)c(C(CC(=O)O)C2CC2)cc1Br. The largest absolute Gasteiger partial charge is 0.508 e. The van der Waals surface area contributed by atoms with E-state index in [1.165, 1.54) is 0 Å². The molecule has 1 aliphatic carbocycles. The van der Waals surface area contributed by atoms with Gasteiger partial charge in [0.2, 0.25) is 0 Å². The summed E-state index contributed by atoms with van der Waals surface area (Å²) in [6.45, 7) is 4.13. The number of carbonyl (C=O) groups is 1. The van der Waals surface area contributed by atoms with Crippen molar-refractivity contribution in [2.24, 2.45) is 5.92 Å². The van der Waals surface area contributed by atoms with Crippen LogP contribution in [0.15, 0.2) is 16.6 Å². The number of carboxylic acids is 1. The average Bonchev–Trinajstić information content (AvgIpc) is 3.12. The molecule has 1 aromatic carbocycles. The molecule has 2 rings (SSSR count). The van der Waals surface area contributed by atoms with Gasteiger partial charge in [0, 0.05) is 10.4 Å². The fourth-order valence-corrected chi connectivity index (χ4v) is 3.37. The van der Waals surface area contributed by atoms with Crippen molar-refractivity contribution in [2.75, 3.05) is 0 Å². The highest BCUT2D eigenvalue weighted by Gasteiger charge is 2.35. The number of phenolic OH excluding ortho intramolecular Hbond substituents is 1. The van der Waals surface area contributed by atoms with E-state index in [0.717, 1.165) is 28.4 Å². The lowest BCUT2D eigenvalue weighted by molar-refractivity contribution is -0.137. The molecule has 1 fully saturated rings. The summed E-state index contributed by atoms with van der Waals surface area (Å²) >= 11 is 3.53. The highest BCUT2D eigenvalue weighted by molar-refractivity contribution is 9.10. The second kappa shape index (κ2) is 5.53. The van der Waals surface area contributed by atoms with E-state index in [0.29, 0.717) is 11.8 Å². The van der Waals surface area contributed by atoms with Crippen molar-refractivity contribution in [1.82, 2.24) is 0 Å². The summed E-state index contributed by atoms with van der Waals surface area (Å²) in [5.74, 6) is 0.0624. The zero-order valence-corrected chi connectivity index (χ0v) is 12.8. The van der Waals surface area contributed by atoms with E-state index in [1.807, 2.05) is 6.07 Å². The summed E-state index contributed by atoms with van der Waals surface area (Å²) in [5.41, 5.74) is 1.81. The van der Waals surface area contributed by atoms with Crippen molar-refractivity contribution in [3.8, 4) is 5.75 Å². The number of carboxylic acid groups (broad SMARTS) is 1. The Bertz CT molecular complexity index is 492. The van der Waals surface area contributed by atoms with Crippen LogP contribution in [0.25, 0.3) is 0 Å². The lowest BCUT2D eigenvalue weighted by Gasteiger charge is -2.19. The van der Waals surface area contributed by atoms with Crippen molar-refractivity contribution in [3.63, 3.8) is 0 Å². The maximum Gasteiger partial charge on any atom is 0.303 e. The Labute approximate surface area is 121 Å². The van der Waals surface area contributed by atoms with E-state index >= 15 is 0 Å². The van der Waals surface area contributed by atoms with E-state index in [9.17, 15) is 9.90 Å². The predicted octanol–water partition coefficient (Wildman–Crippen LogP) is 4.25. The number of aliphatic carboxylic acids is 1. The Morgan fingerprint density at radius 3 is 2.47 bits per heavy atom. The normalized spacial score (nSPS) is 16.6. The third-order valence-corrected chi connectivity index (χ3v) is 4.44. The molecule has 0 spiro atoms. The highest BCUT2D eigenvalue weighted by Crippen LogP contribution is 2.48. The molecule has 2 N–H and O–H groups in total. The quantitative estimate of drug-likeness (QED) is 0.850. The maximum absolute atomic E-state index is 11.0. The minimum atomic E-state index is -0.805. The molecule has 0 aliphatic heterocycles. The van der Waals surface area contributed by atoms with Crippen molar-refractivity contribution in [2.45, 2.75) is 44.9 Å². The second-order valence-corrected chi connectivity index (χ2v) is 6.48. The number of hydrogen-bond acceptors (Lipinski definition) is 2. The Hall–Kier alpha value is -1.03. The van der Waals surface area contributed by atoms with Gasteiger partial charge in [0.15, 0.2) is 0 Å². The summed E-state index contributed by atoms with van der Waals surface area (Å²) in [6.07, 6.45) is 2.20. The molecule has 0 amide bonds. The summed E-state index contributed by atoms with van der Waals surface area (Å²) in [7, 11) is 0. The molecular formula is C15H19BrO3. The van der Waals surface area contributed by atoms with E-state index in [1.54, 1.807) is 6.07 Å². The van der Waals surface area contributed by atoms with Crippen LogP contribution in [0.4, 0.5) is 0 Å². The van der Waals surface area contributed by atoms with Gasteiger partial charge in [0.1, 0.15) is 5.75 Å². The van der Waals surface area contributed by atoms with E-state index in [4.69, 9.17) is 5.11 Å². The van der Waals surface area contributed by atoms with Crippen LogP contribution in [0.2, 0.25) is 0 Å². The van der Waals surface area contributed by atoms with Crippen molar-refractivity contribution in [1.29, 1.82) is 0 Å². The fourth-order valence-electron chi connectivity index (χ4n) is 2.55. The Morgan fingerprint density at radius 1 is 1.37 bits per heavy atom. The molecule has 4 heteroatoms. The molecule has 0 radical (unpaired) electrons. The van der Waals surface area contributed by atoms with Gasteiger partial charge in [-0.2, -0.15) is 0 Å². The topological polar surface area (TPSA) is 57.5 Å². The molecule has 19 heavy (non-hydrogen) atoms. The van der Waals surface area contributed by atoms with Crippen molar-refractivity contribution < 1.29 is 15.0 Å². The molecule has 1 aromatic rings. The monoisotopic (exact) mass is 326 g/mol. The van der Waals surface area contributed by atoms with Gasteiger partial charge in [-0.15, -0.1) is 0 Å². The van der Waals surface area contributed by atoms with Crippen molar-refractivity contribution >= 4 is 21.9 Å². The van der Waals surface area contributed by atoms with Crippen LogP contribution in [0.1, 0.15) is 56.1 Å². The number of halogens is 1. The fraction of sp³-hybridized carbons (Fsp3) is 0.533. The summed E-state index contributed by atoms with van der Waals surface area (Å²) in [5, 5.41) is 19.2. The van der Waals surface area contributed by atoms with Crippen LogP contribution >= 0.6 is 15.9 Å². The predicted molar refractivity (Wildman–Crippen MR) is 77.6 cm³/mol. The van der Waals surface area contributed by atoms with Gasteiger partial charge < -0.3 is 10.2 Å². The first kappa shape index (κ1) is 14.4. The molecule has 0 bridgehead atoms. The molecular weight excluding hydrogens is 308 g/mol. The third kappa shape index (κ3) is 3.30. The minimum absolute atomic E-state index is 0.0741. The molecule has 1 aliphatic rings. The molecule has 104 valence electrons. The molecule has 0 heterocycles. The van der Waals surface area contributed by atoms with Gasteiger partial charge in [0.05, 0.1) is 6.42 Å². The molecule has 1 atom stereocenters. The first-order chi connectivity index (χ1) is 8.90. The number of hydrogen-bond donors (Lipinski definition) is 2. The molecule has 3 nitrogen and oxygen atoms in total. The first-order valence-electron chi connectivity index (χ1n) is 6.64. The van der Waals surface area contributed by atoms with Gasteiger partial charge >= 0.3 is 5.97 Å². The van der Waals surface area contributed by atoms with E-state index in [-0.39, 0.29) is 18.1 Å². The highest BCUT2D eigenvalue weighted by atomic mass is 79.9. The van der Waals surface area contributed by atoms with E-state index in [2.05, 4.69) is 29.8 Å². The minimum Gasteiger partial charge on any atom is -0.508 e.